The van der Waals surface area contributed by atoms with E-state index in [1.807, 2.05) is 0 Å². The molecule has 0 atom stereocenters. The van der Waals surface area contributed by atoms with Gasteiger partial charge in [0.1, 0.15) is 0 Å². The third kappa shape index (κ3) is 7.48. The first-order chi connectivity index (χ1) is 5.63. The van der Waals surface area contributed by atoms with Gasteiger partial charge < -0.3 is 0 Å². The third-order valence-electron chi connectivity index (χ3n) is 1.81. The maximum absolute atomic E-state index is 11.0. The highest BCUT2D eigenvalue weighted by Gasteiger charge is 2.17. The van der Waals surface area contributed by atoms with Gasteiger partial charge in [0.25, 0.3) is 0 Å². The highest BCUT2D eigenvalue weighted by atomic mass is 35.6. The minimum atomic E-state index is -3.01. The average molecular weight is 244 g/mol. The quantitative estimate of drug-likeness (QED) is 0.545. The van der Waals surface area contributed by atoms with E-state index in [1.54, 1.807) is 7.05 Å². The molecule has 0 aromatic rings. The van der Waals surface area contributed by atoms with E-state index in [0.717, 1.165) is 12.5 Å². The van der Waals surface area contributed by atoms with Crippen molar-refractivity contribution in [1.82, 2.24) is 4.31 Å². The van der Waals surface area contributed by atoms with Crippen molar-refractivity contribution < 1.29 is 8.42 Å². The Morgan fingerprint density at radius 3 is 2.15 bits per heavy atom. The molecule has 0 aliphatic rings. The number of nitrogens with zero attached hydrogens (tertiary/aromatic N) is 1. The summed E-state index contributed by atoms with van der Waals surface area (Å²) >= 11 is 6.10. The van der Waals surface area contributed by atoms with E-state index in [1.165, 1.54) is 10.6 Å². The van der Waals surface area contributed by atoms with Crippen LogP contribution in [0.5, 0.6) is 0 Å². The molecular weight excluding hydrogens is 226 g/mol. The van der Waals surface area contributed by atoms with Crippen LogP contribution in [-0.2, 0) is 10.0 Å². The van der Waals surface area contributed by atoms with E-state index in [4.69, 9.17) is 11.1 Å². The van der Waals surface area contributed by atoms with E-state index < -0.39 is 17.4 Å². The molecule has 0 unspecified atom stereocenters. The molecule has 0 saturated carbocycles. The fourth-order valence-electron chi connectivity index (χ4n) is 0.888. The van der Waals surface area contributed by atoms with Crippen molar-refractivity contribution in [2.24, 2.45) is 0 Å². The van der Waals surface area contributed by atoms with Gasteiger partial charge in [-0.15, -0.1) is 0 Å². The first kappa shape index (κ1) is 13.4. The lowest BCUT2D eigenvalue weighted by molar-refractivity contribution is 0.473. The Morgan fingerprint density at radius 2 is 1.85 bits per heavy atom. The molecule has 0 rings (SSSR count). The lowest BCUT2D eigenvalue weighted by Crippen LogP contribution is -2.28. The van der Waals surface area contributed by atoms with Crippen LogP contribution in [0, 0.1) is 0 Å². The van der Waals surface area contributed by atoms with Crippen molar-refractivity contribution in [2.45, 2.75) is 25.6 Å². The van der Waals surface area contributed by atoms with Gasteiger partial charge in [-0.25, -0.2) is 12.7 Å². The molecule has 0 fully saturated rings. The van der Waals surface area contributed by atoms with Crippen LogP contribution in [0.25, 0.3) is 0 Å². The van der Waals surface area contributed by atoms with Gasteiger partial charge in [0, 0.05) is 13.6 Å². The zero-order chi connectivity index (χ0) is 10.7. The number of halogens is 1. The summed E-state index contributed by atoms with van der Waals surface area (Å²) < 4.78 is 23.3. The summed E-state index contributed by atoms with van der Waals surface area (Å²) in [6, 6.07) is 0.953. The number of hydrogen-bond donors (Lipinski definition) is 0. The highest BCUT2D eigenvalue weighted by molar-refractivity contribution is 7.88. The molecule has 3 nitrogen and oxygen atoms in total. The molecule has 0 aromatic heterocycles. The van der Waals surface area contributed by atoms with Crippen LogP contribution in [-0.4, -0.2) is 40.0 Å². The van der Waals surface area contributed by atoms with Crippen molar-refractivity contribution in [3.8, 4) is 0 Å². The molecule has 0 spiro atoms. The second-order valence-corrected chi connectivity index (χ2v) is 13.0. The summed E-state index contributed by atoms with van der Waals surface area (Å²) in [7, 11) is -2.95. The normalized spacial score (nSPS) is 13.7. The summed E-state index contributed by atoms with van der Waals surface area (Å²) in [5, 5.41) is 0. The van der Waals surface area contributed by atoms with E-state index >= 15 is 0 Å². The average Bonchev–Trinajstić information content (AvgIpc) is 1.82. The Bertz CT molecular complexity index is 248. The zero-order valence-electron chi connectivity index (χ0n) is 8.67. The molecular formula is C7H18ClNO2SSi. The number of rotatable bonds is 5. The van der Waals surface area contributed by atoms with Gasteiger partial charge in [0.2, 0.25) is 10.0 Å². The summed E-state index contributed by atoms with van der Waals surface area (Å²) in [6.07, 6.45) is 2.07. The first-order valence-corrected chi connectivity index (χ1v) is 10.3. The zero-order valence-corrected chi connectivity index (χ0v) is 11.2. The molecule has 13 heavy (non-hydrogen) atoms. The summed E-state index contributed by atoms with van der Waals surface area (Å²) in [4.78, 5) is 0. The molecule has 0 bridgehead atoms. The van der Waals surface area contributed by atoms with Crippen LogP contribution in [0.1, 0.15) is 6.42 Å². The van der Waals surface area contributed by atoms with Crippen LogP contribution in [0.3, 0.4) is 0 Å². The Kier molecular flexibility index (Phi) is 4.92. The van der Waals surface area contributed by atoms with Crippen LogP contribution < -0.4 is 0 Å². The van der Waals surface area contributed by atoms with Gasteiger partial charge in [-0.1, -0.05) is 13.1 Å². The number of sulfonamides is 1. The maximum atomic E-state index is 11.0. The summed E-state index contributed by atoms with van der Waals surface area (Å²) in [6.45, 7) is 4.70. The second kappa shape index (κ2) is 4.77. The minimum Gasteiger partial charge on any atom is -0.213 e. The van der Waals surface area contributed by atoms with Crippen molar-refractivity contribution in [3.63, 3.8) is 0 Å². The van der Waals surface area contributed by atoms with Crippen LogP contribution in [0.2, 0.25) is 19.1 Å². The predicted molar refractivity (Wildman–Crippen MR) is 60.2 cm³/mol. The summed E-state index contributed by atoms with van der Waals surface area (Å²) in [5.74, 6) is 0. The van der Waals surface area contributed by atoms with Crippen molar-refractivity contribution in [2.75, 3.05) is 19.8 Å². The second-order valence-electron chi connectivity index (χ2n) is 3.91. The number of hydrogen-bond acceptors (Lipinski definition) is 2. The van der Waals surface area contributed by atoms with Gasteiger partial charge in [-0.05, 0) is 12.5 Å². The third-order valence-corrected chi connectivity index (χ3v) is 5.23. The van der Waals surface area contributed by atoms with Gasteiger partial charge in [0.05, 0.1) is 6.26 Å². The molecule has 0 radical (unpaired) electrons. The molecule has 0 heterocycles. The van der Waals surface area contributed by atoms with Gasteiger partial charge in [-0.3, -0.25) is 0 Å². The van der Waals surface area contributed by atoms with Gasteiger partial charge in [0.15, 0.2) is 7.38 Å². The Balaban J connectivity index is 3.80. The van der Waals surface area contributed by atoms with Crippen molar-refractivity contribution >= 4 is 28.5 Å². The summed E-state index contributed by atoms with van der Waals surface area (Å²) in [5.41, 5.74) is 0. The smallest absolute Gasteiger partial charge is 0.210 e. The van der Waals surface area contributed by atoms with Crippen LogP contribution >= 0.6 is 11.1 Å². The Hall–Kier alpha value is 0.417. The fraction of sp³-hybridized carbons (Fsp3) is 1.00. The van der Waals surface area contributed by atoms with Crippen molar-refractivity contribution in [3.05, 3.63) is 0 Å². The molecule has 0 N–H and O–H groups in total. The largest absolute Gasteiger partial charge is 0.213 e. The Labute approximate surface area is 86.8 Å². The molecule has 0 aliphatic heterocycles. The van der Waals surface area contributed by atoms with Gasteiger partial charge in [-0.2, -0.15) is 11.1 Å². The highest BCUT2D eigenvalue weighted by Crippen LogP contribution is 2.16. The topological polar surface area (TPSA) is 37.4 Å². The van der Waals surface area contributed by atoms with Crippen LogP contribution in [0.4, 0.5) is 0 Å². The standard InChI is InChI=1S/C7H18ClNO2SSi/c1-9(12(2,10)11)6-5-7-13(3,4)8/h5-7H2,1-4H3. The van der Waals surface area contributed by atoms with Crippen molar-refractivity contribution in [1.29, 1.82) is 0 Å². The Morgan fingerprint density at radius 1 is 1.38 bits per heavy atom. The lowest BCUT2D eigenvalue weighted by Gasteiger charge is -2.16. The van der Waals surface area contributed by atoms with E-state index in [-0.39, 0.29) is 0 Å². The monoisotopic (exact) mass is 243 g/mol. The lowest BCUT2D eigenvalue weighted by atomic mass is 10.5. The fourth-order valence-corrected chi connectivity index (χ4v) is 2.75. The van der Waals surface area contributed by atoms with Crippen LogP contribution in [0.15, 0.2) is 0 Å². The molecule has 0 aliphatic carbocycles. The van der Waals surface area contributed by atoms with E-state index in [2.05, 4.69) is 13.1 Å². The molecule has 0 amide bonds. The van der Waals surface area contributed by atoms with Gasteiger partial charge >= 0.3 is 0 Å². The van der Waals surface area contributed by atoms with E-state index in [0.29, 0.717) is 6.54 Å². The minimum absolute atomic E-state index is 0.571. The molecule has 6 heteroatoms. The maximum Gasteiger partial charge on any atom is 0.210 e. The predicted octanol–water partition coefficient (Wildman–Crippen LogP) is 1.71. The first-order valence-electron chi connectivity index (χ1n) is 4.23. The SMILES string of the molecule is CN(CCC[Si](C)(C)Cl)S(C)(=O)=O. The van der Waals surface area contributed by atoms with E-state index in [9.17, 15) is 8.42 Å². The molecule has 80 valence electrons. The molecule has 0 saturated heterocycles. The molecule has 0 aromatic carbocycles.